The number of carbonyl (C=O) groups excluding carboxylic acids is 1. The first-order valence-electron chi connectivity index (χ1n) is 8.57. The molecule has 0 aromatic heterocycles. The zero-order chi connectivity index (χ0) is 18.5. The number of hydrogen-bond donors (Lipinski definition) is 1. The Morgan fingerprint density at radius 3 is 2.16 bits per heavy atom. The number of carbonyl (C=O) groups is 1. The Morgan fingerprint density at radius 1 is 0.960 bits per heavy atom. The molecule has 0 atom stereocenters. The van der Waals surface area contributed by atoms with Crippen LogP contribution in [0.2, 0.25) is 0 Å². The number of phenols is 1. The van der Waals surface area contributed by atoms with Crippen molar-refractivity contribution in [3.8, 4) is 17.2 Å². The summed E-state index contributed by atoms with van der Waals surface area (Å²) in [5.41, 5.74) is 0. The maximum Gasteiger partial charge on any atom is 0.573 e. The quantitative estimate of drug-likeness (QED) is 0.378. The van der Waals surface area contributed by atoms with E-state index in [-0.39, 0.29) is 5.75 Å². The summed E-state index contributed by atoms with van der Waals surface area (Å²) >= 11 is 0. The smallest absolute Gasteiger partial charge is 0.504 e. The molecular weight excluding hydrogens is 337 g/mol. The van der Waals surface area contributed by atoms with Crippen molar-refractivity contribution >= 4 is 6.29 Å². The van der Waals surface area contributed by atoms with Gasteiger partial charge in [0.15, 0.2) is 11.5 Å². The van der Waals surface area contributed by atoms with Crippen molar-refractivity contribution in [3.63, 3.8) is 0 Å². The van der Waals surface area contributed by atoms with Gasteiger partial charge < -0.3 is 19.4 Å². The zero-order valence-electron chi connectivity index (χ0n) is 14.2. The fourth-order valence-corrected chi connectivity index (χ4v) is 2.37. The number of alkyl halides is 3. The highest BCUT2D eigenvalue weighted by Gasteiger charge is 2.32. The highest BCUT2D eigenvalue weighted by atomic mass is 19.4. The summed E-state index contributed by atoms with van der Waals surface area (Å²) in [6, 6.07) is 3.54. The SMILES string of the molecule is O=CCCCCCCCCCCOc1ccc(O)c(OC(F)(F)F)c1. The number of benzene rings is 1. The van der Waals surface area contributed by atoms with E-state index in [1.165, 1.54) is 6.07 Å². The van der Waals surface area contributed by atoms with E-state index in [1.807, 2.05) is 0 Å². The van der Waals surface area contributed by atoms with Crippen molar-refractivity contribution in [1.82, 2.24) is 0 Å². The maximum atomic E-state index is 12.2. The normalized spacial score (nSPS) is 11.3. The number of unbranched alkanes of at least 4 members (excludes halogenated alkanes) is 8. The van der Waals surface area contributed by atoms with Crippen LogP contribution in [0.5, 0.6) is 17.2 Å². The number of rotatable bonds is 13. The van der Waals surface area contributed by atoms with E-state index in [2.05, 4.69) is 4.74 Å². The van der Waals surface area contributed by atoms with Crippen LogP contribution >= 0.6 is 0 Å². The molecule has 7 heteroatoms. The lowest BCUT2D eigenvalue weighted by Crippen LogP contribution is -2.17. The second-order valence-electron chi connectivity index (χ2n) is 5.81. The Kier molecular flexibility index (Phi) is 9.80. The second-order valence-corrected chi connectivity index (χ2v) is 5.81. The van der Waals surface area contributed by atoms with Crippen LogP contribution in [0.4, 0.5) is 13.2 Å². The Balaban J connectivity index is 2.14. The molecule has 1 aromatic carbocycles. The van der Waals surface area contributed by atoms with Crippen LogP contribution in [-0.4, -0.2) is 24.4 Å². The molecule has 1 N–H and O–H groups in total. The first-order valence-corrected chi connectivity index (χ1v) is 8.57. The third-order valence-electron chi connectivity index (χ3n) is 3.64. The molecule has 0 heterocycles. The largest absolute Gasteiger partial charge is 0.573 e. The van der Waals surface area contributed by atoms with Gasteiger partial charge in [-0.1, -0.05) is 38.5 Å². The Bertz CT molecular complexity index is 504. The molecule has 0 saturated carbocycles. The summed E-state index contributed by atoms with van der Waals surface area (Å²) in [4.78, 5) is 10.2. The predicted octanol–water partition coefficient (Wildman–Crippen LogP) is 5.38. The minimum atomic E-state index is -4.86. The van der Waals surface area contributed by atoms with E-state index in [0.717, 1.165) is 69.8 Å². The molecule has 25 heavy (non-hydrogen) atoms. The monoisotopic (exact) mass is 362 g/mol. The van der Waals surface area contributed by atoms with Crippen LogP contribution in [0.25, 0.3) is 0 Å². The summed E-state index contributed by atoms with van der Waals surface area (Å²) < 4.78 is 45.7. The van der Waals surface area contributed by atoms with Gasteiger partial charge in [0.2, 0.25) is 0 Å². The van der Waals surface area contributed by atoms with Crippen LogP contribution in [-0.2, 0) is 4.79 Å². The molecule has 0 aliphatic heterocycles. The van der Waals surface area contributed by atoms with Gasteiger partial charge in [0.1, 0.15) is 12.0 Å². The van der Waals surface area contributed by atoms with E-state index in [1.54, 1.807) is 0 Å². The number of aromatic hydroxyl groups is 1. The fraction of sp³-hybridized carbons (Fsp3) is 0.611. The summed E-state index contributed by atoms with van der Waals surface area (Å²) in [5.74, 6) is -1.02. The van der Waals surface area contributed by atoms with E-state index in [0.29, 0.717) is 13.0 Å². The third kappa shape index (κ3) is 10.5. The van der Waals surface area contributed by atoms with Crippen LogP contribution in [0.1, 0.15) is 57.8 Å². The van der Waals surface area contributed by atoms with Crippen molar-refractivity contribution in [2.45, 2.75) is 64.1 Å². The molecule has 0 radical (unpaired) electrons. The minimum absolute atomic E-state index is 0.229. The standard InChI is InChI=1S/C18H25F3O4/c19-18(20,21)25-17-14-15(10-11-16(17)23)24-13-9-7-5-3-1-2-4-6-8-12-22/h10-12,14,23H,1-9,13H2. The highest BCUT2D eigenvalue weighted by molar-refractivity contribution is 5.48. The molecule has 1 aromatic rings. The lowest BCUT2D eigenvalue weighted by atomic mass is 10.1. The molecule has 0 aliphatic rings. The van der Waals surface area contributed by atoms with Gasteiger partial charge >= 0.3 is 6.36 Å². The van der Waals surface area contributed by atoms with Crippen molar-refractivity contribution in [2.75, 3.05) is 6.61 Å². The van der Waals surface area contributed by atoms with Gasteiger partial charge in [-0.25, -0.2) is 0 Å². The lowest BCUT2D eigenvalue weighted by molar-refractivity contribution is -0.275. The third-order valence-corrected chi connectivity index (χ3v) is 3.64. The topological polar surface area (TPSA) is 55.8 Å². The molecular formula is C18H25F3O4. The molecule has 1 rings (SSSR count). The van der Waals surface area contributed by atoms with Crippen molar-refractivity contribution in [2.24, 2.45) is 0 Å². The number of phenolic OH excluding ortho intramolecular Hbond substituents is 1. The average molecular weight is 362 g/mol. The van der Waals surface area contributed by atoms with Gasteiger partial charge in [-0.3, -0.25) is 0 Å². The lowest BCUT2D eigenvalue weighted by Gasteiger charge is -2.12. The van der Waals surface area contributed by atoms with Gasteiger partial charge in [-0.15, -0.1) is 13.2 Å². The molecule has 142 valence electrons. The predicted molar refractivity (Wildman–Crippen MR) is 87.9 cm³/mol. The van der Waals surface area contributed by atoms with Crippen molar-refractivity contribution < 1.29 is 32.5 Å². The Hall–Kier alpha value is -1.92. The van der Waals surface area contributed by atoms with Gasteiger partial charge in [-0.05, 0) is 25.0 Å². The first kappa shape index (κ1) is 21.1. The van der Waals surface area contributed by atoms with Gasteiger partial charge in [0.05, 0.1) is 6.61 Å². The molecule has 0 spiro atoms. The van der Waals surface area contributed by atoms with Crippen molar-refractivity contribution in [3.05, 3.63) is 18.2 Å². The van der Waals surface area contributed by atoms with E-state index < -0.39 is 17.9 Å². The molecule has 0 saturated heterocycles. The number of ether oxygens (including phenoxy) is 2. The van der Waals surface area contributed by atoms with Gasteiger partial charge in [0, 0.05) is 12.5 Å². The van der Waals surface area contributed by atoms with Crippen LogP contribution in [0.15, 0.2) is 18.2 Å². The van der Waals surface area contributed by atoms with Crippen LogP contribution in [0, 0.1) is 0 Å². The summed E-state index contributed by atoms with van der Waals surface area (Å²) in [6.07, 6.45) is 5.07. The number of hydrogen-bond acceptors (Lipinski definition) is 4. The van der Waals surface area contributed by atoms with Gasteiger partial charge in [0.25, 0.3) is 0 Å². The van der Waals surface area contributed by atoms with E-state index in [4.69, 9.17) is 4.74 Å². The molecule has 0 amide bonds. The van der Waals surface area contributed by atoms with E-state index >= 15 is 0 Å². The summed E-state index contributed by atoms with van der Waals surface area (Å²) in [6.45, 7) is 0.398. The molecule has 0 bridgehead atoms. The molecule has 0 fully saturated rings. The average Bonchev–Trinajstić information content (AvgIpc) is 2.54. The van der Waals surface area contributed by atoms with Crippen LogP contribution < -0.4 is 9.47 Å². The summed E-state index contributed by atoms with van der Waals surface area (Å²) in [7, 11) is 0. The molecule has 0 aliphatic carbocycles. The van der Waals surface area contributed by atoms with Crippen LogP contribution in [0.3, 0.4) is 0 Å². The number of aldehydes is 1. The zero-order valence-corrected chi connectivity index (χ0v) is 14.2. The first-order chi connectivity index (χ1) is 11.9. The Morgan fingerprint density at radius 2 is 1.56 bits per heavy atom. The summed E-state index contributed by atoms with van der Waals surface area (Å²) in [5, 5.41) is 9.36. The van der Waals surface area contributed by atoms with E-state index in [9.17, 15) is 23.1 Å². The maximum absolute atomic E-state index is 12.2. The number of halogens is 3. The molecule has 0 unspecified atom stereocenters. The highest BCUT2D eigenvalue weighted by Crippen LogP contribution is 2.34. The van der Waals surface area contributed by atoms with Gasteiger partial charge in [-0.2, -0.15) is 0 Å². The minimum Gasteiger partial charge on any atom is -0.504 e. The molecule has 4 nitrogen and oxygen atoms in total. The Labute approximate surface area is 145 Å². The second kappa shape index (κ2) is 11.6. The van der Waals surface area contributed by atoms with Crippen molar-refractivity contribution in [1.29, 1.82) is 0 Å². The fourth-order valence-electron chi connectivity index (χ4n) is 2.37.